The van der Waals surface area contributed by atoms with E-state index in [1.807, 2.05) is 13.0 Å². The van der Waals surface area contributed by atoms with Crippen molar-refractivity contribution in [2.45, 2.75) is 25.3 Å². The van der Waals surface area contributed by atoms with E-state index in [1.54, 1.807) is 13.0 Å². The molecule has 0 fully saturated rings. The summed E-state index contributed by atoms with van der Waals surface area (Å²) in [6, 6.07) is 3.50. The Balaban J connectivity index is 3.23. The van der Waals surface area contributed by atoms with Gasteiger partial charge >= 0.3 is 0 Å². The fourth-order valence-electron chi connectivity index (χ4n) is 1.37. The number of benzene rings is 1. The molecule has 0 aromatic heterocycles. The monoisotopic (exact) mass is 306 g/mol. The van der Waals surface area contributed by atoms with Crippen LogP contribution in [0.3, 0.4) is 0 Å². The minimum absolute atomic E-state index is 0.176. The van der Waals surface area contributed by atoms with Gasteiger partial charge in [0.05, 0.1) is 4.90 Å². The van der Waals surface area contributed by atoms with Crippen molar-refractivity contribution in [1.82, 2.24) is 5.32 Å². The van der Waals surface area contributed by atoms with E-state index in [2.05, 4.69) is 21.2 Å². The molecule has 1 aromatic carbocycles. The Morgan fingerprint density at radius 1 is 1.44 bits per heavy atom. The largest absolute Gasteiger partial charge is 0.313 e. The fraction of sp³-hybridized carbons (Fsp3) is 0.400. The number of nitrogens with one attached hydrogen (secondary N) is 1. The summed E-state index contributed by atoms with van der Waals surface area (Å²) >= 11 is 3.33. The average molecular weight is 307 g/mol. The van der Waals surface area contributed by atoms with Gasteiger partial charge in [-0.15, -0.1) is 0 Å². The van der Waals surface area contributed by atoms with Gasteiger partial charge in [0.2, 0.25) is 10.0 Å². The van der Waals surface area contributed by atoms with Crippen LogP contribution in [-0.2, 0) is 16.6 Å². The third kappa shape index (κ3) is 3.28. The highest BCUT2D eigenvalue weighted by Crippen LogP contribution is 2.24. The molecule has 6 heteroatoms. The first kappa shape index (κ1) is 13.6. The lowest BCUT2D eigenvalue weighted by atomic mass is 10.1. The molecule has 3 N–H and O–H groups in total. The van der Waals surface area contributed by atoms with Crippen LogP contribution in [0.5, 0.6) is 0 Å². The maximum absolute atomic E-state index is 11.4. The summed E-state index contributed by atoms with van der Waals surface area (Å²) in [6.45, 7) is 5.17. The summed E-state index contributed by atoms with van der Waals surface area (Å²) in [6.07, 6.45) is 0. The molecule has 1 aromatic rings. The lowest BCUT2D eigenvalue weighted by molar-refractivity contribution is 0.596. The van der Waals surface area contributed by atoms with E-state index in [0.717, 1.165) is 16.6 Å². The van der Waals surface area contributed by atoms with Crippen LogP contribution < -0.4 is 10.5 Å². The predicted molar refractivity (Wildman–Crippen MR) is 67.6 cm³/mol. The molecule has 0 heterocycles. The van der Waals surface area contributed by atoms with Crippen LogP contribution in [0.4, 0.5) is 0 Å². The molecule has 0 atom stereocenters. The molecule has 1 rings (SSSR count). The Hall–Kier alpha value is -0.430. The molecule has 0 aliphatic carbocycles. The highest BCUT2D eigenvalue weighted by atomic mass is 79.9. The summed E-state index contributed by atoms with van der Waals surface area (Å²) in [5, 5.41) is 8.29. The Morgan fingerprint density at radius 2 is 2.06 bits per heavy atom. The van der Waals surface area contributed by atoms with Crippen molar-refractivity contribution in [3.63, 3.8) is 0 Å². The molecule has 0 aliphatic rings. The number of primary sulfonamides is 1. The van der Waals surface area contributed by atoms with Crippen molar-refractivity contribution in [3.05, 3.63) is 27.7 Å². The maximum atomic E-state index is 11.4. The molecule has 0 saturated heterocycles. The van der Waals surface area contributed by atoms with Gasteiger partial charge < -0.3 is 5.32 Å². The smallest absolute Gasteiger partial charge is 0.238 e. The van der Waals surface area contributed by atoms with E-state index in [4.69, 9.17) is 5.14 Å². The number of hydrogen-bond donors (Lipinski definition) is 2. The first-order valence-corrected chi connectivity index (χ1v) is 7.22. The van der Waals surface area contributed by atoms with Gasteiger partial charge in [0.25, 0.3) is 0 Å². The van der Waals surface area contributed by atoms with E-state index in [9.17, 15) is 8.42 Å². The molecule has 0 unspecified atom stereocenters. The van der Waals surface area contributed by atoms with Crippen LogP contribution in [0, 0.1) is 6.92 Å². The predicted octanol–water partition coefficient (Wildman–Crippen LogP) is 1.51. The van der Waals surface area contributed by atoms with E-state index in [0.29, 0.717) is 12.1 Å². The van der Waals surface area contributed by atoms with E-state index < -0.39 is 10.0 Å². The lowest BCUT2D eigenvalue weighted by Crippen LogP contribution is -2.16. The molecule has 0 radical (unpaired) electrons. The highest BCUT2D eigenvalue weighted by molar-refractivity contribution is 9.10. The second kappa shape index (κ2) is 5.27. The molecular weight excluding hydrogens is 292 g/mol. The van der Waals surface area contributed by atoms with Crippen LogP contribution in [0.1, 0.15) is 18.1 Å². The molecule has 16 heavy (non-hydrogen) atoms. The minimum Gasteiger partial charge on any atom is -0.313 e. The van der Waals surface area contributed by atoms with Gasteiger partial charge in [-0.2, -0.15) is 0 Å². The van der Waals surface area contributed by atoms with Crippen LogP contribution in [0.2, 0.25) is 0 Å². The number of hydrogen-bond acceptors (Lipinski definition) is 3. The normalized spacial score (nSPS) is 11.8. The van der Waals surface area contributed by atoms with Crippen molar-refractivity contribution in [3.8, 4) is 0 Å². The van der Waals surface area contributed by atoms with Gasteiger partial charge in [0, 0.05) is 11.0 Å². The number of halogens is 1. The quantitative estimate of drug-likeness (QED) is 0.886. The standard InChI is InChI=1S/C10H15BrN2O2S/c1-3-13-6-8-4-9(11)7(2)10(5-8)16(12,14)15/h4-5,13H,3,6H2,1-2H3,(H2,12,14,15). The highest BCUT2D eigenvalue weighted by Gasteiger charge is 2.14. The fourth-order valence-corrected chi connectivity index (χ4v) is 2.87. The third-order valence-electron chi connectivity index (χ3n) is 2.24. The van der Waals surface area contributed by atoms with Gasteiger partial charge in [0.15, 0.2) is 0 Å². The van der Waals surface area contributed by atoms with Gasteiger partial charge in [-0.3, -0.25) is 0 Å². The van der Waals surface area contributed by atoms with Gasteiger partial charge in [-0.25, -0.2) is 13.6 Å². The van der Waals surface area contributed by atoms with Gasteiger partial charge in [-0.1, -0.05) is 22.9 Å². The van der Waals surface area contributed by atoms with E-state index in [-0.39, 0.29) is 4.90 Å². The number of rotatable bonds is 4. The van der Waals surface area contributed by atoms with Crippen molar-refractivity contribution >= 4 is 26.0 Å². The van der Waals surface area contributed by atoms with Crippen LogP contribution in [-0.4, -0.2) is 15.0 Å². The molecule has 0 saturated carbocycles. The molecular formula is C10H15BrN2O2S. The zero-order valence-electron chi connectivity index (χ0n) is 9.25. The van der Waals surface area contributed by atoms with Crippen molar-refractivity contribution in [2.24, 2.45) is 5.14 Å². The molecule has 4 nitrogen and oxygen atoms in total. The molecule has 0 amide bonds. The first-order valence-electron chi connectivity index (χ1n) is 4.88. The Bertz CT molecular complexity index is 486. The van der Waals surface area contributed by atoms with Crippen LogP contribution >= 0.6 is 15.9 Å². The second-order valence-electron chi connectivity index (χ2n) is 3.53. The number of nitrogens with two attached hydrogens (primary N) is 1. The van der Waals surface area contributed by atoms with Crippen molar-refractivity contribution in [2.75, 3.05) is 6.54 Å². The Kier molecular flexibility index (Phi) is 4.49. The second-order valence-corrected chi connectivity index (χ2v) is 5.91. The summed E-state index contributed by atoms with van der Waals surface area (Å²) in [5.41, 5.74) is 1.53. The third-order valence-corrected chi connectivity index (χ3v) is 4.10. The van der Waals surface area contributed by atoms with Crippen molar-refractivity contribution in [1.29, 1.82) is 0 Å². The molecule has 0 aliphatic heterocycles. The minimum atomic E-state index is -3.66. The zero-order chi connectivity index (χ0) is 12.3. The van der Waals surface area contributed by atoms with E-state index in [1.165, 1.54) is 0 Å². The summed E-state index contributed by atoms with van der Waals surface area (Å²) in [7, 11) is -3.66. The van der Waals surface area contributed by atoms with Crippen LogP contribution in [0.15, 0.2) is 21.5 Å². The Morgan fingerprint density at radius 3 is 2.56 bits per heavy atom. The molecule has 0 bridgehead atoms. The Labute approximate surface area is 104 Å². The van der Waals surface area contributed by atoms with Crippen molar-refractivity contribution < 1.29 is 8.42 Å². The summed E-state index contributed by atoms with van der Waals surface area (Å²) < 4.78 is 23.5. The average Bonchev–Trinajstić information content (AvgIpc) is 2.17. The maximum Gasteiger partial charge on any atom is 0.238 e. The lowest BCUT2D eigenvalue weighted by Gasteiger charge is -2.09. The summed E-state index contributed by atoms with van der Waals surface area (Å²) in [5.74, 6) is 0. The van der Waals surface area contributed by atoms with Gasteiger partial charge in [-0.05, 0) is 36.7 Å². The van der Waals surface area contributed by atoms with Crippen LogP contribution in [0.25, 0.3) is 0 Å². The summed E-state index contributed by atoms with van der Waals surface area (Å²) in [4.78, 5) is 0.176. The first-order chi connectivity index (χ1) is 7.36. The molecule has 0 spiro atoms. The van der Waals surface area contributed by atoms with E-state index >= 15 is 0 Å². The molecule has 90 valence electrons. The van der Waals surface area contributed by atoms with Gasteiger partial charge in [0.1, 0.15) is 0 Å². The topological polar surface area (TPSA) is 72.2 Å². The zero-order valence-corrected chi connectivity index (χ0v) is 11.7. The number of sulfonamides is 1. The SMILES string of the molecule is CCNCc1cc(Br)c(C)c(S(N)(=O)=O)c1.